The number of nitrogens with zero attached hydrogens (tertiary/aromatic N) is 3. The third-order valence-electron chi connectivity index (χ3n) is 4.80. The van der Waals surface area contributed by atoms with Crippen LogP contribution in [0.3, 0.4) is 0 Å². The highest BCUT2D eigenvalue weighted by Gasteiger charge is 2.20. The van der Waals surface area contributed by atoms with Crippen molar-refractivity contribution in [3.8, 4) is 17.0 Å². The minimum atomic E-state index is 0.648. The van der Waals surface area contributed by atoms with Gasteiger partial charge in [-0.3, -0.25) is 4.98 Å². The van der Waals surface area contributed by atoms with Gasteiger partial charge in [0.15, 0.2) is 5.13 Å². The Bertz CT molecular complexity index is 1150. The third-order valence-corrected chi connectivity index (χ3v) is 6.02. The predicted octanol–water partition coefficient (Wildman–Crippen LogP) is 6.88. The van der Waals surface area contributed by atoms with Gasteiger partial charge in [0.1, 0.15) is 5.75 Å². The van der Waals surface area contributed by atoms with Gasteiger partial charge in [0.05, 0.1) is 24.0 Å². The van der Waals surface area contributed by atoms with Crippen LogP contribution in [0.2, 0.25) is 5.02 Å². The fraction of sp³-hybridized carbons (Fsp3) is 0.217. The second-order valence-electron chi connectivity index (χ2n) is 6.74. The zero-order valence-corrected chi connectivity index (χ0v) is 18.2. The van der Waals surface area contributed by atoms with Crippen molar-refractivity contribution in [1.29, 1.82) is 0 Å². The standard InChI is InChI=1S/C23H22ClN3OS/c1-4-13-27(20-9-5-8-19-17(20)7-6-12-25-19)23-26-22(15(2)29-23)18-11-10-16(24)14-21(18)28-3/h5-12,14H,4,13H2,1-3H3. The van der Waals surface area contributed by atoms with Gasteiger partial charge < -0.3 is 9.64 Å². The van der Waals surface area contributed by atoms with E-state index in [1.54, 1.807) is 18.4 Å². The molecule has 0 bridgehead atoms. The molecule has 148 valence electrons. The van der Waals surface area contributed by atoms with E-state index in [1.165, 1.54) is 0 Å². The van der Waals surface area contributed by atoms with E-state index in [9.17, 15) is 0 Å². The Kier molecular flexibility index (Phi) is 5.69. The summed E-state index contributed by atoms with van der Waals surface area (Å²) in [6.45, 7) is 5.15. The lowest BCUT2D eigenvalue weighted by Gasteiger charge is -2.23. The van der Waals surface area contributed by atoms with E-state index in [-0.39, 0.29) is 0 Å². The molecule has 0 aliphatic heterocycles. The van der Waals surface area contributed by atoms with Gasteiger partial charge in [0.2, 0.25) is 0 Å². The number of thiazole rings is 1. The van der Waals surface area contributed by atoms with Gasteiger partial charge >= 0.3 is 0 Å². The Balaban J connectivity index is 1.83. The van der Waals surface area contributed by atoms with Crippen LogP contribution in [-0.4, -0.2) is 23.6 Å². The molecule has 4 aromatic rings. The first-order chi connectivity index (χ1) is 14.1. The molecule has 2 aromatic heterocycles. The van der Waals surface area contributed by atoms with E-state index < -0.39 is 0 Å². The number of pyridine rings is 1. The van der Waals surface area contributed by atoms with Crippen molar-refractivity contribution in [2.45, 2.75) is 20.3 Å². The molecule has 0 spiro atoms. The van der Waals surface area contributed by atoms with Crippen molar-refractivity contribution in [2.24, 2.45) is 0 Å². The summed E-state index contributed by atoms with van der Waals surface area (Å²) in [5.74, 6) is 0.730. The number of ether oxygens (including phenoxy) is 1. The van der Waals surface area contributed by atoms with E-state index in [0.29, 0.717) is 5.02 Å². The largest absolute Gasteiger partial charge is 0.496 e. The van der Waals surface area contributed by atoms with Crippen LogP contribution in [0.4, 0.5) is 10.8 Å². The van der Waals surface area contributed by atoms with Crippen LogP contribution >= 0.6 is 22.9 Å². The first-order valence-corrected chi connectivity index (χ1v) is 10.7. The summed E-state index contributed by atoms with van der Waals surface area (Å²) in [5, 5.41) is 2.74. The van der Waals surface area contributed by atoms with Crippen LogP contribution in [0.25, 0.3) is 22.2 Å². The zero-order chi connectivity index (χ0) is 20.4. The smallest absolute Gasteiger partial charge is 0.190 e. The highest BCUT2D eigenvalue weighted by Crippen LogP contribution is 2.41. The lowest BCUT2D eigenvalue weighted by atomic mass is 10.1. The topological polar surface area (TPSA) is 38.2 Å². The van der Waals surface area contributed by atoms with Crippen LogP contribution in [0.15, 0.2) is 54.7 Å². The molecule has 0 N–H and O–H groups in total. The molecule has 29 heavy (non-hydrogen) atoms. The van der Waals surface area contributed by atoms with Gasteiger partial charge in [0.25, 0.3) is 0 Å². The van der Waals surface area contributed by atoms with Gasteiger partial charge in [-0.15, -0.1) is 11.3 Å². The fourth-order valence-corrected chi connectivity index (χ4v) is 4.60. The summed E-state index contributed by atoms with van der Waals surface area (Å²) in [7, 11) is 1.66. The quantitative estimate of drug-likeness (QED) is 0.339. The average molecular weight is 424 g/mol. The van der Waals surface area contributed by atoms with Crippen molar-refractivity contribution in [2.75, 3.05) is 18.6 Å². The number of benzene rings is 2. The molecule has 2 heterocycles. The number of methoxy groups -OCH3 is 1. The Morgan fingerprint density at radius 3 is 2.79 bits per heavy atom. The number of hydrogen-bond donors (Lipinski definition) is 0. The molecule has 0 aliphatic carbocycles. The van der Waals surface area contributed by atoms with Crippen LogP contribution in [0.1, 0.15) is 18.2 Å². The summed E-state index contributed by atoms with van der Waals surface area (Å²) >= 11 is 7.83. The molecule has 0 saturated heterocycles. The van der Waals surface area contributed by atoms with Crippen LogP contribution < -0.4 is 9.64 Å². The second kappa shape index (κ2) is 8.39. The first-order valence-electron chi connectivity index (χ1n) is 9.55. The maximum atomic E-state index is 6.14. The second-order valence-corrected chi connectivity index (χ2v) is 8.36. The van der Waals surface area contributed by atoms with Gasteiger partial charge in [-0.2, -0.15) is 0 Å². The average Bonchev–Trinajstić information content (AvgIpc) is 3.12. The summed E-state index contributed by atoms with van der Waals surface area (Å²) < 4.78 is 5.55. The molecule has 0 radical (unpaired) electrons. The Labute approximate surface area is 179 Å². The molecule has 0 unspecified atom stereocenters. The van der Waals surface area contributed by atoms with E-state index in [1.807, 2.05) is 36.5 Å². The molecule has 0 aliphatic rings. The number of rotatable bonds is 6. The number of aromatic nitrogens is 2. The lowest BCUT2D eigenvalue weighted by molar-refractivity contribution is 0.416. The number of hydrogen-bond acceptors (Lipinski definition) is 5. The summed E-state index contributed by atoms with van der Waals surface area (Å²) in [5.41, 5.74) is 3.99. The van der Waals surface area contributed by atoms with Crippen molar-refractivity contribution in [3.05, 3.63) is 64.6 Å². The highest BCUT2D eigenvalue weighted by atomic mass is 35.5. The maximum Gasteiger partial charge on any atom is 0.190 e. The molecule has 0 atom stereocenters. The Hall–Kier alpha value is -2.63. The van der Waals surface area contributed by atoms with Crippen LogP contribution in [0.5, 0.6) is 5.75 Å². The maximum absolute atomic E-state index is 6.14. The van der Waals surface area contributed by atoms with E-state index >= 15 is 0 Å². The van der Waals surface area contributed by atoms with E-state index in [4.69, 9.17) is 21.3 Å². The van der Waals surface area contributed by atoms with Crippen LogP contribution in [-0.2, 0) is 0 Å². The van der Waals surface area contributed by atoms with Gasteiger partial charge in [0, 0.05) is 33.6 Å². The number of aryl methyl sites for hydroxylation is 1. The molecule has 2 aromatic carbocycles. The molecule has 0 fully saturated rings. The molecule has 4 rings (SSSR count). The summed E-state index contributed by atoms with van der Waals surface area (Å²) in [6, 6.07) is 16.0. The zero-order valence-electron chi connectivity index (χ0n) is 16.6. The normalized spacial score (nSPS) is 11.0. The minimum Gasteiger partial charge on any atom is -0.496 e. The summed E-state index contributed by atoms with van der Waals surface area (Å²) in [4.78, 5) is 13.0. The third kappa shape index (κ3) is 3.80. The van der Waals surface area contributed by atoms with Gasteiger partial charge in [-0.05, 0) is 55.8 Å². The molecule has 0 saturated carbocycles. The van der Waals surface area contributed by atoms with Crippen LogP contribution in [0, 0.1) is 6.92 Å². The molecule has 6 heteroatoms. The van der Waals surface area contributed by atoms with Gasteiger partial charge in [-0.1, -0.05) is 24.6 Å². The Morgan fingerprint density at radius 2 is 2.00 bits per heavy atom. The number of fused-ring (bicyclic) bond motifs is 1. The van der Waals surface area contributed by atoms with Gasteiger partial charge in [-0.25, -0.2) is 4.98 Å². The molecule has 4 nitrogen and oxygen atoms in total. The lowest BCUT2D eigenvalue weighted by Crippen LogP contribution is -2.18. The molecule has 0 amide bonds. The van der Waals surface area contributed by atoms with Crippen molar-refractivity contribution < 1.29 is 4.74 Å². The van der Waals surface area contributed by atoms with E-state index in [0.717, 1.165) is 56.6 Å². The van der Waals surface area contributed by atoms with Crippen molar-refractivity contribution >= 4 is 44.7 Å². The summed E-state index contributed by atoms with van der Waals surface area (Å²) in [6.07, 6.45) is 2.84. The van der Waals surface area contributed by atoms with Crippen molar-refractivity contribution in [3.63, 3.8) is 0 Å². The number of halogens is 1. The fourth-order valence-electron chi connectivity index (χ4n) is 3.47. The van der Waals surface area contributed by atoms with Crippen molar-refractivity contribution in [1.82, 2.24) is 9.97 Å². The molecular weight excluding hydrogens is 402 g/mol. The molecular formula is C23H22ClN3OS. The first kappa shape index (κ1) is 19.7. The Morgan fingerprint density at radius 1 is 1.14 bits per heavy atom. The minimum absolute atomic E-state index is 0.648. The number of anilines is 2. The highest BCUT2D eigenvalue weighted by molar-refractivity contribution is 7.16. The SMILES string of the molecule is CCCN(c1nc(-c2ccc(Cl)cc2OC)c(C)s1)c1cccc2ncccc12. The van der Waals surface area contributed by atoms with E-state index in [2.05, 4.69) is 41.9 Å². The predicted molar refractivity (Wildman–Crippen MR) is 123 cm³/mol. The monoisotopic (exact) mass is 423 g/mol.